The van der Waals surface area contributed by atoms with Gasteiger partial charge in [-0.15, -0.1) is 0 Å². The van der Waals surface area contributed by atoms with Crippen molar-refractivity contribution >= 4 is 20.8 Å². The molecule has 1 N–H and O–H groups in total. The van der Waals surface area contributed by atoms with Gasteiger partial charge in [-0.25, -0.2) is 13.1 Å². The van der Waals surface area contributed by atoms with E-state index >= 15 is 0 Å². The SMILES string of the molecule is CCCOc1ccc(S(=O)(=O)NCc2ccc(C)cc2)c2ccccc12. The van der Waals surface area contributed by atoms with Crippen molar-refractivity contribution in [1.82, 2.24) is 4.72 Å². The highest BCUT2D eigenvalue weighted by molar-refractivity contribution is 7.89. The first-order chi connectivity index (χ1) is 12.5. The van der Waals surface area contributed by atoms with E-state index in [1.54, 1.807) is 12.1 Å². The topological polar surface area (TPSA) is 55.4 Å². The summed E-state index contributed by atoms with van der Waals surface area (Å²) in [5.41, 5.74) is 2.07. The minimum Gasteiger partial charge on any atom is -0.493 e. The minimum absolute atomic E-state index is 0.255. The number of hydrogen-bond donors (Lipinski definition) is 1. The summed E-state index contributed by atoms with van der Waals surface area (Å²) in [6.07, 6.45) is 0.895. The normalized spacial score (nSPS) is 11.6. The van der Waals surface area contributed by atoms with Crippen molar-refractivity contribution in [1.29, 1.82) is 0 Å². The molecule has 0 bridgehead atoms. The Bertz CT molecular complexity index is 995. The van der Waals surface area contributed by atoms with Gasteiger partial charge in [0.05, 0.1) is 11.5 Å². The molecular formula is C21H23NO3S. The summed E-state index contributed by atoms with van der Waals surface area (Å²) in [7, 11) is -3.64. The van der Waals surface area contributed by atoms with Crippen LogP contribution in [0.4, 0.5) is 0 Å². The van der Waals surface area contributed by atoms with Crippen LogP contribution in [0, 0.1) is 6.92 Å². The molecule has 3 aromatic carbocycles. The molecule has 0 aliphatic heterocycles. The van der Waals surface area contributed by atoms with E-state index in [-0.39, 0.29) is 11.4 Å². The van der Waals surface area contributed by atoms with Gasteiger partial charge in [0.15, 0.2) is 0 Å². The number of aryl methyl sites for hydroxylation is 1. The van der Waals surface area contributed by atoms with Crippen LogP contribution >= 0.6 is 0 Å². The molecule has 26 heavy (non-hydrogen) atoms. The minimum atomic E-state index is -3.64. The maximum Gasteiger partial charge on any atom is 0.241 e. The van der Waals surface area contributed by atoms with Crippen LogP contribution in [0.15, 0.2) is 65.6 Å². The van der Waals surface area contributed by atoms with Gasteiger partial charge < -0.3 is 4.74 Å². The Kier molecular flexibility index (Phi) is 5.59. The number of benzene rings is 3. The van der Waals surface area contributed by atoms with Crippen molar-refractivity contribution in [3.8, 4) is 5.75 Å². The van der Waals surface area contributed by atoms with Gasteiger partial charge in [0.25, 0.3) is 0 Å². The zero-order chi connectivity index (χ0) is 18.6. The fourth-order valence-electron chi connectivity index (χ4n) is 2.78. The monoisotopic (exact) mass is 369 g/mol. The lowest BCUT2D eigenvalue weighted by Crippen LogP contribution is -2.23. The summed E-state index contributed by atoms with van der Waals surface area (Å²) < 4.78 is 34.2. The molecule has 0 fully saturated rings. The van der Waals surface area contributed by atoms with E-state index in [1.807, 2.05) is 62.4 Å². The zero-order valence-corrected chi connectivity index (χ0v) is 15.8. The van der Waals surface area contributed by atoms with Gasteiger partial charge in [-0.1, -0.05) is 61.0 Å². The molecule has 5 heteroatoms. The number of nitrogens with one attached hydrogen (secondary N) is 1. The standard InChI is InChI=1S/C21H23NO3S/c1-3-14-25-20-12-13-21(19-7-5-4-6-18(19)20)26(23,24)22-15-17-10-8-16(2)9-11-17/h4-13,22H,3,14-15H2,1-2H3. The second-order valence-corrected chi connectivity index (χ2v) is 8.00. The summed E-state index contributed by atoms with van der Waals surface area (Å²) >= 11 is 0. The summed E-state index contributed by atoms with van der Waals surface area (Å²) in [6.45, 7) is 4.89. The molecule has 3 aromatic rings. The second kappa shape index (κ2) is 7.89. The molecule has 4 nitrogen and oxygen atoms in total. The molecule has 0 spiro atoms. The lowest BCUT2D eigenvalue weighted by Gasteiger charge is -2.13. The predicted octanol–water partition coefficient (Wildman–Crippen LogP) is 4.42. The molecule has 0 amide bonds. The van der Waals surface area contributed by atoms with Crippen molar-refractivity contribution in [2.45, 2.75) is 31.7 Å². The van der Waals surface area contributed by atoms with Crippen LogP contribution in [0.5, 0.6) is 5.75 Å². The number of hydrogen-bond acceptors (Lipinski definition) is 3. The highest BCUT2D eigenvalue weighted by atomic mass is 32.2. The number of fused-ring (bicyclic) bond motifs is 1. The molecule has 0 radical (unpaired) electrons. The Hall–Kier alpha value is -2.37. The first-order valence-corrected chi connectivity index (χ1v) is 10.2. The fraction of sp³-hybridized carbons (Fsp3) is 0.238. The highest BCUT2D eigenvalue weighted by Crippen LogP contribution is 2.31. The summed E-state index contributed by atoms with van der Waals surface area (Å²) in [4.78, 5) is 0.268. The van der Waals surface area contributed by atoms with E-state index < -0.39 is 10.0 Å². The van der Waals surface area contributed by atoms with E-state index in [1.165, 1.54) is 0 Å². The van der Waals surface area contributed by atoms with Gasteiger partial charge in [-0.2, -0.15) is 0 Å². The van der Waals surface area contributed by atoms with Gasteiger partial charge >= 0.3 is 0 Å². The van der Waals surface area contributed by atoms with Gasteiger partial charge in [0.2, 0.25) is 10.0 Å². The summed E-state index contributed by atoms with van der Waals surface area (Å²) in [6, 6.07) is 18.6. The summed E-state index contributed by atoms with van der Waals surface area (Å²) in [5.74, 6) is 0.708. The Morgan fingerprint density at radius 1 is 0.923 bits per heavy atom. The molecule has 0 aliphatic rings. The third-order valence-electron chi connectivity index (χ3n) is 4.18. The average molecular weight is 369 g/mol. The first kappa shape index (κ1) is 18.4. The van der Waals surface area contributed by atoms with Crippen LogP contribution in [-0.4, -0.2) is 15.0 Å². The van der Waals surface area contributed by atoms with E-state index in [0.717, 1.165) is 22.9 Å². The third kappa shape index (κ3) is 4.06. The number of ether oxygens (including phenoxy) is 1. The van der Waals surface area contributed by atoms with Gasteiger partial charge in [0, 0.05) is 17.3 Å². The van der Waals surface area contributed by atoms with E-state index in [2.05, 4.69) is 4.72 Å². The van der Waals surface area contributed by atoms with Crippen LogP contribution in [-0.2, 0) is 16.6 Å². The van der Waals surface area contributed by atoms with Crippen LogP contribution in [0.25, 0.3) is 10.8 Å². The molecule has 0 saturated carbocycles. The Morgan fingerprint density at radius 2 is 1.62 bits per heavy atom. The molecule has 3 rings (SSSR count). The predicted molar refractivity (Wildman–Crippen MR) is 105 cm³/mol. The Balaban J connectivity index is 1.92. The third-order valence-corrected chi connectivity index (χ3v) is 5.64. The molecule has 0 heterocycles. The molecule has 0 aliphatic carbocycles. The van der Waals surface area contributed by atoms with Gasteiger partial charge in [-0.3, -0.25) is 0 Å². The average Bonchev–Trinajstić information content (AvgIpc) is 2.65. The molecular weight excluding hydrogens is 346 g/mol. The van der Waals surface area contributed by atoms with Crippen molar-refractivity contribution in [2.75, 3.05) is 6.61 Å². The first-order valence-electron chi connectivity index (χ1n) is 8.71. The van der Waals surface area contributed by atoms with Gasteiger partial charge in [-0.05, 0) is 31.0 Å². The van der Waals surface area contributed by atoms with Gasteiger partial charge in [0.1, 0.15) is 5.75 Å². The quantitative estimate of drug-likeness (QED) is 0.671. The number of rotatable bonds is 7. The van der Waals surface area contributed by atoms with Crippen molar-refractivity contribution in [3.05, 3.63) is 71.8 Å². The molecule has 0 aromatic heterocycles. The maximum absolute atomic E-state index is 12.9. The second-order valence-electron chi connectivity index (χ2n) is 6.27. The molecule has 0 unspecified atom stereocenters. The largest absolute Gasteiger partial charge is 0.493 e. The molecule has 136 valence electrons. The Morgan fingerprint density at radius 3 is 2.31 bits per heavy atom. The van der Waals surface area contributed by atoms with Crippen molar-refractivity contribution in [3.63, 3.8) is 0 Å². The lowest BCUT2D eigenvalue weighted by molar-refractivity contribution is 0.321. The van der Waals surface area contributed by atoms with Crippen molar-refractivity contribution < 1.29 is 13.2 Å². The summed E-state index contributed by atoms with van der Waals surface area (Å²) in [5, 5.41) is 1.47. The number of sulfonamides is 1. The molecule has 0 saturated heterocycles. The van der Waals surface area contributed by atoms with E-state index in [4.69, 9.17) is 4.74 Å². The zero-order valence-electron chi connectivity index (χ0n) is 15.0. The maximum atomic E-state index is 12.9. The van der Waals surface area contributed by atoms with E-state index in [0.29, 0.717) is 17.7 Å². The van der Waals surface area contributed by atoms with Crippen LogP contribution in [0.2, 0.25) is 0 Å². The smallest absolute Gasteiger partial charge is 0.241 e. The highest BCUT2D eigenvalue weighted by Gasteiger charge is 2.18. The van der Waals surface area contributed by atoms with Crippen LogP contribution in [0.1, 0.15) is 24.5 Å². The van der Waals surface area contributed by atoms with Crippen LogP contribution in [0.3, 0.4) is 0 Å². The Labute approximate surface area is 154 Å². The van der Waals surface area contributed by atoms with E-state index in [9.17, 15) is 8.42 Å². The molecule has 0 atom stereocenters. The van der Waals surface area contributed by atoms with Crippen LogP contribution < -0.4 is 9.46 Å². The lowest BCUT2D eigenvalue weighted by atomic mass is 10.1. The van der Waals surface area contributed by atoms with Crippen molar-refractivity contribution in [2.24, 2.45) is 0 Å². The fourth-order valence-corrected chi connectivity index (χ4v) is 4.00.